The van der Waals surface area contributed by atoms with Crippen molar-refractivity contribution in [3.8, 4) is 0 Å². The highest BCUT2D eigenvalue weighted by Crippen LogP contribution is 2.16. The van der Waals surface area contributed by atoms with E-state index in [9.17, 15) is 4.79 Å². The van der Waals surface area contributed by atoms with Crippen LogP contribution in [0.4, 0.5) is 0 Å². The molecule has 0 spiro atoms. The van der Waals surface area contributed by atoms with Crippen molar-refractivity contribution in [3.05, 3.63) is 12.2 Å². The molecule has 1 fully saturated rings. The van der Waals surface area contributed by atoms with Gasteiger partial charge in [0.05, 0.1) is 6.61 Å². The number of likely N-dealkylation sites (N-methyl/N-ethyl adjacent to an activating group) is 1. The third-order valence-electron chi connectivity index (χ3n) is 3.55. The summed E-state index contributed by atoms with van der Waals surface area (Å²) < 4.78 is 5.51. The lowest BCUT2D eigenvalue weighted by Gasteiger charge is -2.22. The molecule has 0 aromatic rings. The monoisotopic (exact) mass is 310 g/mol. The summed E-state index contributed by atoms with van der Waals surface area (Å²) in [6.45, 7) is 12.1. The van der Waals surface area contributed by atoms with Crippen LogP contribution in [-0.2, 0) is 9.53 Å². The third-order valence-corrected chi connectivity index (χ3v) is 3.55. The van der Waals surface area contributed by atoms with E-state index in [-0.39, 0.29) is 12.5 Å². The largest absolute Gasteiger partial charge is 0.381 e. The van der Waals surface area contributed by atoms with Crippen LogP contribution in [0.15, 0.2) is 17.1 Å². The molecule has 1 unspecified atom stereocenters. The highest BCUT2D eigenvalue weighted by molar-refractivity contribution is 5.85. The Labute approximate surface area is 134 Å². The first-order valence-electron chi connectivity index (χ1n) is 7.89. The number of amides is 1. The van der Waals surface area contributed by atoms with E-state index in [1.54, 1.807) is 19.0 Å². The number of ether oxygens (including phenoxy) is 1. The zero-order valence-electron chi connectivity index (χ0n) is 14.4. The summed E-state index contributed by atoms with van der Waals surface area (Å²) in [7, 11) is 3.49. The number of guanidine groups is 1. The zero-order chi connectivity index (χ0) is 16.5. The van der Waals surface area contributed by atoms with E-state index in [1.165, 1.54) is 0 Å². The molecule has 0 aliphatic carbocycles. The molecule has 1 saturated heterocycles. The highest BCUT2D eigenvalue weighted by atomic mass is 16.5. The lowest BCUT2D eigenvalue weighted by Crippen LogP contribution is -2.41. The molecule has 0 bridgehead atoms. The van der Waals surface area contributed by atoms with Gasteiger partial charge in [-0.3, -0.25) is 4.79 Å². The third kappa shape index (κ3) is 6.47. The Bertz CT molecular complexity index is 407. The van der Waals surface area contributed by atoms with Gasteiger partial charge in [0.1, 0.15) is 6.54 Å². The van der Waals surface area contributed by atoms with Gasteiger partial charge in [-0.25, -0.2) is 4.99 Å². The molecule has 1 heterocycles. The predicted octanol–water partition coefficient (Wildman–Crippen LogP) is 0.955. The van der Waals surface area contributed by atoms with Gasteiger partial charge in [0, 0.05) is 46.3 Å². The fraction of sp³-hybridized carbons (Fsp3) is 0.750. The van der Waals surface area contributed by atoms with E-state index in [0.717, 1.165) is 44.3 Å². The SMILES string of the molecule is C=C(C)CNC(=NCC(=O)N(C)C)N1CCC(COCC)C1. The Hall–Kier alpha value is -1.56. The van der Waals surface area contributed by atoms with E-state index >= 15 is 0 Å². The minimum Gasteiger partial charge on any atom is -0.381 e. The smallest absolute Gasteiger partial charge is 0.243 e. The number of aliphatic imine (C=N–C) groups is 1. The summed E-state index contributed by atoms with van der Waals surface area (Å²) in [5.41, 5.74) is 1.04. The average Bonchev–Trinajstić information content (AvgIpc) is 2.93. The van der Waals surface area contributed by atoms with Gasteiger partial charge in [0.15, 0.2) is 5.96 Å². The fourth-order valence-electron chi connectivity index (χ4n) is 2.23. The van der Waals surface area contributed by atoms with Crippen LogP contribution in [0.5, 0.6) is 0 Å². The Morgan fingerprint density at radius 2 is 2.23 bits per heavy atom. The maximum Gasteiger partial charge on any atom is 0.243 e. The predicted molar refractivity (Wildman–Crippen MR) is 90.0 cm³/mol. The first-order valence-corrected chi connectivity index (χ1v) is 7.89. The molecule has 0 aromatic heterocycles. The number of likely N-dealkylation sites (tertiary alicyclic amines) is 1. The standard InChI is InChI=1S/C16H30N4O2/c1-6-22-12-14-7-8-20(11-14)16(17-9-13(2)3)18-10-15(21)19(4)5/h14H,2,6-12H2,1,3-5H3,(H,17,18). The molecule has 22 heavy (non-hydrogen) atoms. The molecule has 126 valence electrons. The normalized spacial score (nSPS) is 18.5. The van der Waals surface area contributed by atoms with Gasteiger partial charge < -0.3 is 19.9 Å². The number of hydrogen-bond donors (Lipinski definition) is 1. The Morgan fingerprint density at radius 3 is 2.82 bits per heavy atom. The highest BCUT2D eigenvalue weighted by Gasteiger charge is 2.25. The zero-order valence-corrected chi connectivity index (χ0v) is 14.4. The van der Waals surface area contributed by atoms with Crippen molar-refractivity contribution in [2.45, 2.75) is 20.3 Å². The van der Waals surface area contributed by atoms with E-state index < -0.39 is 0 Å². The number of nitrogens with zero attached hydrogens (tertiary/aromatic N) is 3. The van der Waals surface area contributed by atoms with E-state index in [4.69, 9.17) is 4.74 Å². The van der Waals surface area contributed by atoms with Crippen LogP contribution < -0.4 is 5.32 Å². The molecular weight excluding hydrogens is 280 g/mol. The van der Waals surface area contributed by atoms with Crippen LogP contribution >= 0.6 is 0 Å². The van der Waals surface area contributed by atoms with Crippen molar-refractivity contribution in [2.24, 2.45) is 10.9 Å². The van der Waals surface area contributed by atoms with Crippen LogP contribution in [0.1, 0.15) is 20.3 Å². The van der Waals surface area contributed by atoms with Gasteiger partial charge in [-0.2, -0.15) is 0 Å². The van der Waals surface area contributed by atoms with E-state index in [0.29, 0.717) is 12.5 Å². The quantitative estimate of drug-likeness (QED) is 0.432. The minimum absolute atomic E-state index is 0.000289. The molecule has 0 saturated carbocycles. The number of nitrogens with one attached hydrogen (secondary N) is 1. The van der Waals surface area contributed by atoms with Crippen molar-refractivity contribution < 1.29 is 9.53 Å². The van der Waals surface area contributed by atoms with Gasteiger partial charge in [-0.05, 0) is 20.3 Å². The molecule has 1 N–H and O–H groups in total. The summed E-state index contributed by atoms with van der Waals surface area (Å²) in [5, 5.41) is 3.30. The second kappa shape index (κ2) is 9.46. The maximum absolute atomic E-state index is 11.7. The molecular formula is C16H30N4O2. The number of carbonyl (C=O) groups is 1. The summed E-state index contributed by atoms with van der Waals surface area (Å²) in [4.78, 5) is 20.0. The van der Waals surface area contributed by atoms with Crippen LogP contribution in [0, 0.1) is 5.92 Å². The minimum atomic E-state index is -0.000289. The molecule has 1 aliphatic rings. The molecule has 0 aromatic carbocycles. The second-order valence-electron chi connectivity index (χ2n) is 6.00. The maximum atomic E-state index is 11.7. The number of hydrogen-bond acceptors (Lipinski definition) is 3. The molecule has 6 heteroatoms. The Kier molecular flexibility index (Phi) is 7.95. The fourth-order valence-corrected chi connectivity index (χ4v) is 2.23. The molecule has 0 radical (unpaired) electrons. The van der Waals surface area contributed by atoms with Gasteiger partial charge in [0.2, 0.25) is 5.91 Å². The molecule has 6 nitrogen and oxygen atoms in total. The molecule has 1 aliphatic heterocycles. The lowest BCUT2D eigenvalue weighted by atomic mass is 10.1. The first-order chi connectivity index (χ1) is 10.4. The van der Waals surface area contributed by atoms with Crippen molar-refractivity contribution >= 4 is 11.9 Å². The Morgan fingerprint density at radius 1 is 1.50 bits per heavy atom. The van der Waals surface area contributed by atoms with Crippen molar-refractivity contribution in [2.75, 3.05) is 53.5 Å². The number of rotatable bonds is 7. The summed E-state index contributed by atoms with van der Waals surface area (Å²) in [6.07, 6.45) is 1.09. The van der Waals surface area contributed by atoms with Crippen LogP contribution in [-0.4, -0.2) is 75.2 Å². The molecule has 1 amide bonds. The van der Waals surface area contributed by atoms with E-state index in [2.05, 4.69) is 21.8 Å². The summed E-state index contributed by atoms with van der Waals surface area (Å²) in [5.74, 6) is 1.32. The van der Waals surface area contributed by atoms with E-state index in [1.807, 2.05) is 13.8 Å². The molecule has 1 rings (SSSR count). The average molecular weight is 310 g/mol. The number of carbonyl (C=O) groups excluding carboxylic acids is 1. The van der Waals surface area contributed by atoms with Crippen molar-refractivity contribution in [3.63, 3.8) is 0 Å². The summed E-state index contributed by atoms with van der Waals surface area (Å²) >= 11 is 0. The molecule has 1 atom stereocenters. The van der Waals surface area contributed by atoms with Gasteiger partial charge in [-0.15, -0.1) is 0 Å². The van der Waals surface area contributed by atoms with Crippen LogP contribution in [0.3, 0.4) is 0 Å². The van der Waals surface area contributed by atoms with Gasteiger partial charge in [-0.1, -0.05) is 12.2 Å². The summed E-state index contributed by atoms with van der Waals surface area (Å²) in [6, 6.07) is 0. The van der Waals surface area contributed by atoms with Crippen LogP contribution in [0.25, 0.3) is 0 Å². The lowest BCUT2D eigenvalue weighted by molar-refractivity contribution is -0.127. The van der Waals surface area contributed by atoms with Crippen molar-refractivity contribution in [1.29, 1.82) is 0 Å². The second-order valence-corrected chi connectivity index (χ2v) is 6.00. The Balaban J connectivity index is 2.63. The van der Waals surface area contributed by atoms with Crippen molar-refractivity contribution in [1.82, 2.24) is 15.1 Å². The van der Waals surface area contributed by atoms with Gasteiger partial charge >= 0.3 is 0 Å². The van der Waals surface area contributed by atoms with Gasteiger partial charge in [0.25, 0.3) is 0 Å². The first kappa shape index (κ1) is 18.5. The van der Waals surface area contributed by atoms with Crippen LogP contribution in [0.2, 0.25) is 0 Å². The topological polar surface area (TPSA) is 57.2 Å².